The summed E-state index contributed by atoms with van der Waals surface area (Å²) < 4.78 is 0.307. The van der Waals surface area contributed by atoms with Gasteiger partial charge in [-0.15, -0.1) is 0 Å². The van der Waals surface area contributed by atoms with Crippen molar-refractivity contribution in [2.45, 2.75) is 25.5 Å². The zero-order valence-corrected chi connectivity index (χ0v) is 12.1. The molecule has 1 aromatic rings. The Morgan fingerprint density at radius 3 is 2.59 bits per heavy atom. The van der Waals surface area contributed by atoms with Crippen molar-refractivity contribution in [1.82, 2.24) is 10.3 Å². The molecule has 0 aliphatic carbocycles. The van der Waals surface area contributed by atoms with E-state index < -0.39 is 0 Å². The molecule has 1 heterocycles. The van der Waals surface area contributed by atoms with Crippen molar-refractivity contribution in [3.8, 4) is 0 Å². The molecule has 0 spiro atoms. The Kier molecular flexibility index (Phi) is 5.71. The van der Waals surface area contributed by atoms with Crippen LogP contribution in [0.2, 0.25) is 0 Å². The first kappa shape index (κ1) is 14.3. The molecule has 0 saturated heterocycles. The molecule has 17 heavy (non-hydrogen) atoms. The van der Waals surface area contributed by atoms with Crippen molar-refractivity contribution in [2.24, 2.45) is 0 Å². The highest BCUT2D eigenvalue weighted by Crippen LogP contribution is 2.21. The largest absolute Gasteiger partial charge is 0.362 e. The van der Waals surface area contributed by atoms with E-state index in [1.54, 1.807) is 12.4 Å². The van der Waals surface area contributed by atoms with Gasteiger partial charge in [-0.1, -0.05) is 20.8 Å². The molecule has 2 N–H and O–H groups in total. The molecule has 0 aliphatic heterocycles. The van der Waals surface area contributed by atoms with Crippen molar-refractivity contribution in [3.05, 3.63) is 24.5 Å². The smallest absolute Gasteiger partial charge is 0.170 e. The quantitative estimate of drug-likeness (QED) is 0.649. The molecule has 0 amide bonds. The van der Waals surface area contributed by atoms with Crippen LogP contribution in [0.3, 0.4) is 0 Å². The molecule has 94 valence electrons. The van der Waals surface area contributed by atoms with Crippen molar-refractivity contribution >= 4 is 34.8 Å². The molecule has 0 saturated carbocycles. The molecular formula is C12H19N3S2. The lowest BCUT2D eigenvalue weighted by Gasteiger charge is -2.18. The molecule has 0 unspecified atom stereocenters. The highest BCUT2D eigenvalue weighted by atomic mass is 32.2. The van der Waals surface area contributed by atoms with Gasteiger partial charge < -0.3 is 10.6 Å². The molecule has 0 aromatic carbocycles. The minimum absolute atomic E-state index is 0.307. The predicted molar refractivity (Wildman–Crippen MR) is 80.7 cm³/mol. The molecule has 0 aliphatic rings. The lowest BCUT2D eigenvalue weighted by atomic mass is 10.3. The Bertz CT molecular complexity index is 347. The van der Waals surface area contributed by atoms with Crippen molar-refractivity contribution in [1.29, 1.82) is 0 Å². The first-order valence-corrected chi connectivity index (χ1v) is 6.95. The van der Waals surface area contributed by atoms with Gasteiger partial charge in [-0.25, -0.2) is 0 Å². The van der Waals surface area contributed by atoms with Gasteiger partial charge in [0.1, 0.15) is 0 Å². The Labute approximate surface area is 113 Å². The van der Waals surface area contributed by atoms with Crippen LogP contribution >= 0.6 is 24.0 Å². The molecule has 3 nitrogen and oxygen atoms in total. The third kappa shape index (κ3) is 7.18. The zero-order valence-electron chi connectivity index (χ0n) is 10.5. The van der Waals surface area contributed by atoms with Gasteiger partial charge >= 0.3 is 0 Å². The molecule has 0 radical (unpaired) electrons. The molecule has 0 atom stereocenters. The molecule has 5 heteroatoms. The number of hydrogen-bond donors (Lipinski definition) is 2. The summed E-state index contributed by atoms with van der Waals surface area (Å²) in [6.45, 7) is 7.51. The van der Waals surface area contributed by atoms with Gasteiger partial charge in [-0.3, -0.25) is 4.98 Å². The minimum atomic E-state index is 0.307. The Balaban J connectivity index is 2.18. The summed E-state index contributed by atoms with van der Waals surface area (Å²) in [6, 6.07) is 3.77. The average molecular weight is 269 g/mol. The van der Waals surface area contributed by atoms with Crippen LogP contribution < -0.4 is 10.6 Å². The fraction of sp³-hybridized carbons (Fsp3) is 0.500. The second-order valence-electron chi connectivity index (χ2n) is 4.58. The number of pyridine rings is 1. The number of anilines is 1. The van der Waals surface area contributed by atoms with Gasteiger partial charge in [0.25, 0.3) is 0 Å². The summed E-state index contributed by atoms with van der Waals surface area (Å²) in [5.41, 5.74) is 0.959. The molecule has 1 rings (SSSR count). The summed E-state index contributed by atoms with van der Waals surface area (Å²) in [7, 11) is 0. The van der Waals surface area contributed by atoms with Crippen molar-refractivity contribution < 1.29 is 0 Å². The number of aromatic nitrogens is 1. The summed E-state index contributed by atoms with van der Waals surface area (Å²) in [5, 5.41) is 6.95. The first-order chi connectivity index (χ1) is 7.97. The van der Waals surface area contributed by atoms with Crippen LogP contribution in [0.15, 0.2) is 24.5 Å². The van der Waals surface area contributed by atoms with Crippen LogP contribution in [0.25, 0.3) is 0 Å². The van der Waals surface area contributed by atoms with Gasteiger partial charge in [0.2, 0.25) is 0 Å². The van der Waals surface area contributed by atoms with Gasteiger partial charge in [-0.05, 0) is 24.4 Å². The van der Waals surface area contributed by atoms with E-state index in [9.17, 15) is 0 Å². The van der Waals surface area contributed by atoms with E-state index in [1.807, 2.05) is 23.9 Å². The molecular weight excluding hydrogens is 250 g/mol. The van der Waals surface area contributed by atoms with E-state index in [4.69, 9.17) is 12.2 Å². The molecule has 0 fully saturated rings. The maximum atomic E-state index is 5.19. The lowest BCUT2D eigenvalue weighted by molar-refractivity contribution is 0.800. The number of thioether (sulfide) groups is 1. The second kappa shape index (κ2) is 6.81. The fourth-order valence-electron chi connectivity index (χ4n) is 1.13. The van der Waals surface area contributed by atoms with Crippen LogP contribution in [-0.2, 0) is 0 Å². The number of rotatable bonds is 4. The normalized spacial score (nSPS) is 11.0. The maximum absolute atomic E-state index is 5.19. The van der Waals surface area contributed by atoms with Gasteiger partial charge in [0, 0.05) is 35.1 Å². The van der Waals surface area contributed by atoms with Crippen molar-refractivity contribution in [2.75, 3.05) is 17.6 Å². The third-order valence-corrected chi connectivity index (χ3v) is 3.38. The highest BCUT2D eigenvalue weighted by Gasteiger charge is 2.09. The Morgan fingerprint density at radius 1 is 1.35 bits per heavy atom. The fourth-order valence-corrected chi connectivity index (χ4v) is 2.17. The number of hydrogen-bond acceptors (Lipinski definition) is 3. The molecule has 1 aromatic heterocycles. The second-order valence-corrected chi connectivity index (χ2v) is 6.91. The topological polar surface area (TPSA) is 37.0 Å². The van der Waals surface area contributed by atoms with Crippen LogP contribution in [0.4, 0.5) is 5.69 Å². The Morgan fingerprint density at radius 2 is 2.00 bits per heavy atom. The SMILES string of the molecule is CC(C)(C)SCCNC(=S)Nc1ccncc1. The van der Waals surface area contributed by atoms with E-state index in [0.717, 1.165) is 18.0 Å². The minimum Gasteiger partial charge on any atom is -0.362 e. The van der Waals surface area contributed by atoms with Gasteiger partial charge in [-0.2, -0.15) is 11.8 Å². The standard InChI is InChI=1S/C12H19N3S2/c1-12(2,3)17-9-8-14-11(16)15-10-4-6-13-7-5-10/h4-7H,8-9H2,1-3H3,(H2,13,14,15,16). The summed E-state index contributed by atoms with van der Waals surface area (Å²) in [5.74, 6) is 1.04. The lowest BCUT2D eigenvalue weighted by Crippen LogP contribution is -2.30. The van der Waals surface area contributed by atoms with Gasteiger partial charge in [0.05, 0.1) is 0 Å². The Hall–Kier alpha value is -0.810. The maximum Gasteiger partial charge on any atom is 0.170 e. The molecule has 0 bridgehead atoms. The van der Waals surface area contributed by atoms with Crippen LogP contribution in [0.5, 0.6) is 0 Å². The van der Waals surface area contributed by atoms with Crippen LogP contribution in [0.1, 0.15) is 20.8 Å². The monoisotopic (exact) mass is 269 g/mol. The third-order valence-electron chi connectivity index (χ3n) is 1.86. The van der Waals surface area contributed by atoms with Crippen LogP contribution in [0, 0.1) is 0 Å². The van der Waals surface area contributed by atoms with E-state index in [2.05, 4.69) is 36.4 Å². The number of thiocarbonyl (C=S) groups is 1. The van der Waals surface area contributed by atoms with Crippen molar-refractivity contribution in [3.63, 3.8) is 0 Å². The van der Waals surface area contributed by atoms with E-state index in [0.29, 0.717) is 9.86 Å². The number of nitrogens with zero attached hydrogens (tertiary/aromatic N) is 1. The summed E-state index contributed by atoms with van der Waals surface area (Å²) in [4.78, 5) is 3.95. The van der Waals surface area contributed by atoms with E-state index in [-0.39, 0.29) is 0 Å². The van der Waals surface area contributed by atoms with Gasteiger partial charge in [0.15, 0.2) is 5.11 Å². The number of nitrogens with one attached hydrogen (secondary N) is 2. The summed E-state index contributed by atoms with van der Waals surface area (Å²) in [6.07, 6.45) is 3.47. The first-order valence-electron chi connectivity index (χ1n) is 5.56. The van der Waals surface area contributed by atoms with Crippen LogP contribution in [-0.4, -0.2) is 27.1 Å². The van der Waals surface area contributed by atoms with E-state index in [1.165, 1.54) is 0 Å². The highest BCUT2D eigenvalue weighted by molar-refractivity contribution is 8.00. The predicted octanol–water partition coefficient (Wildman–Crippen LogP) is 2.90. The van der Waals surface area contributed by atoms with E-state index >= 15 is 0 Å². The average Bonchev–Trinajstić information content (AvgIpc) is 2.25. The summed E-state index contributed by atoms with van der Waals surface area (Å²) >= 11 is 7.11. The zero-order chi connectivity index (χ0) is 12.7.